The Morgan fingerprint density at radius 1 is 1.18 bits per heavy atom. The third kappa shape index (κ3) is 2.25. The normalized spacial score (nSPS) is 19.0. The Balaban J connectivity index is 2.05. The molecule has 0 bridgehead atoms. The molecule has 4 nitrogen and oxygen atoms in total. The number of non-ortho nitro benzene ring substituents is 1. The number of nitro groups is 1. The Labute approximate surface area is 130 Å². The molecular weight excluding hydrogens is 276 g/mol. The van der Waals surface area contributed by atoms with E-state index in [0.29, 0.717) is 0 Å². The molecule has 1 heterocycles. The highest BCUT2D eigenvalue weighted by atomic mass is 16.6. The minimum absolute atomic E-state index is 0.0285. The molecule has 0 fully saturated rings. The van der Waals surface area contributed by atoms with E-state index in [1.807, 2.05) is 24.3 Å². The number of hydrogen-bond acceptors (Lipinski definition) is 3. The van der Waals surface area contributed by atoms with Crippen molar-refractivity contribution in [3.05, 3.63) is 69.8 Å². The first-order chi connectivity index (χ1) is 10.4. The van der Waals surface area contributed by atoms with Gasteiger partial charge in [0.25, 0.3) is 5.69 Å². The molecule has 114 valence electrons. The van der Waals surface area contributed by atoms with Crippen LogP contribution < -0.4 is 4.90 Å². The van der Waals surface area contributed by atoms with Gasteiger partial charge in [0.05, 0.1) is 4.92 Å². The Morgan fingerprint density at radius 2 is 1.86 bits per heavy atom. The van der Waals surface area contributed by atoms with E-state index in [2.05, 4.69) is 37.8 Å². The molecule has 3 rings (SSSR count). The van der Waals surface area contributed by atoms with Crippen LogP contribution in [0.2, 0.25) is 0 Å². The summed E-state index contributed by atoms with van der Waals surface area (Å²) in [6.45, 7) is 7.36. The maximum absolute atomic E-state index is 11.1. The molecular formula is C18H20N2O2. The lowest BCUT2D eigenvalue weighted by Gasteiger charge is -2.31. The van der Waals surface area contributed by atoms with Gasteiger partial charge in [0.1, 0.15) is 0 Å². The summed E-state index contributed by atoms with van der Waals surface area (Å²) in [5.74, 6) is 0. The van der Waals surface area contributed by atoms with Crippen LogP contribution in [0.3, 0.4) is 0 Å². The van der Waals surface area contributed by atoms with Crippen LogP contribution in [0.5, 0.6) is 0 Å². The Morgan fingerprint density at radius 3 is 2.50 bits per heavy atom. The molecule has 0 aliphatic carbocycles. The fourth-order valence-corrected chi connectivity index (χ4v) is 3.24. The number of anilines is 1. The summed E-state index contributed by atoms with van der Waals surface area (Å²) in [5, 5.41) is 11.1. The van der Waals surface area contributed by atoms with Crippen molar-refractivity contribution in [2.75, 3.05) is 4.90 Å². The maximum Gasteiger partial charge on any atom is 0.271 e. The molecule has 1 aliphatic heterocycles. The SMILES string of the molecule is CC1N(Cc2ccccc2)c2cc([N+](=O)[O-])ccc2C1(C)C. The zero-order chi connectivity index (χ0) is 15.9. The molecule has 1 atom stereocenters. The lowest BCUT2D eigenvalue weighted by atomic mass is 9.81. The second kappa shape index (κ2) is 5.13. The molecule has 0 N–H and O–H groups in total. The number of fused-ring (bicyclic) bond motifs is 1. The summed E-state index contributed by atoms with van der Waals surface area (Å²) < 4.78 is 0. The summed E-state index contributed by atoms with van der Waals surface area (Å²) in [6.07, 6.45) is 0. The van der Waals surface area contributed by atoms with Gasteiger partial charge in [0.15, 0.2) is 0 Å². The average Bonchev–Trinajstić information content (AvgIpc) is 2.69. The number of nitrogens with zero attached hydrogens (tertiary/aromatic N) is 2. The molecule has 2 aromatic rings. The van der Waals surface area contributed by atoms with Crippen molar-refractivity contribution < 1.29 is 4.92 Å². The molecule has 0 amide bonds. The van der Waals surface area contributed by atoms with E-state index in [0.717, 1.165) is 12.2 Å². The molecule has 2 aromatic carbocycles. The van der Waals surface area contributed by atoms with E-state index < -0.39 is 0 Å². The van der Waals surface area contributed by atoms with Crippen LogP contribution in [0.25, 0.3) is 0 Å². The summed E-state index contributed by atoms with van der Waals surface area (Å²) in [6, 6.07) is 15.7. The average molecular weight is 296 g/mol. The first kappa shape index (κ1) is 14.6. The minimum atomic E-state index is -0.322. The fraction of sp³-hybridized carbons (Fsp3) is 0.333. The topological polar surface area (TPSA) is 46.4 Å². The maximum atomic E-state index is 11.1. The highest BCUT2D eigenvalue weighted by Gasteiger charge is 2.42. The van der Waals surface area contributed by atoms with E-state index in [1.54, 1.807) is 12.1 Å². The summed E-state index contributed by atoms with van der Waals surface area (Å²) in [5.41, 5.74) is 3.50. The van der Waals surface area contributed by atoms with Gasteiger partial charge in [-0.2, -0.15) is 0 Å². The van der Waals surface area contributed by atoms with Gasteiger partial charge in [0.2, 0.25) is 0 Å². The standard InChI is InChI=1S/C18H20N2O2/c1-13-18(2,3)16-10-9-15(20(21)22)11-17(16)19(13)12-14-7-5-4-6-8-14/h4-11,13H,12H2,1-3H3. The first-order valence-corrected chi connectivity index (χ1v) is 7.51. The lowest BCUT2D eigenvalue weighted by Crippen LogP contribution is -2.38. The van der Waals surface area contributed by atoms with Gasteiger partial charge >= 0.3 is 0 Å². The largest absolute Gasteiger partial charge is 0.363 e. The number of benzene rings is 2. The van der Waals surface area contributed by atoms with Crippen LogP contribution in [0.4, 0.5) is 11.4 Å². The second-order valence-electron chi connectivity index (χ2n) is 6.47. The third-order valence-electron chi connectivity index (χ3n) is 4.90. The summed E-state index contributed by atoms with van der Waals surface area (Å²) >= 11 is 0. The fourth-order valence-electron chi connectivity index (χ4n) is 3.24. The van der Waals surface area contributed by atoms with Crippen LogP contribution in [0.15, 0.2) is 48.5 Å². The van der Waals surface area contributed by atoms with Crippen molar-refractivity contribution in [1.82, 2.24) is 0 Å². The van der Waals surface area contributed by atoms with E-state index >= 15 is 0 Å². The van der Waals surface area contributed by atoms with Crippen LogP contribution in [-0.4, -0.2) is 11.0 Å². The third-order valence-corrected chi connectivity index (χ3v) is 4.90. The zero-order valence-corrected chi connectivity index (χ0v) is 13.1. The van der Waals surface area contributed by atoms with Crippen molar-refractivity contribution in [2.45, 2.75) is 38.8 Å². The quantitative estimate of drug-likeness (QED) is 0.627. The van der Waals surface area contributed by atoms with Crippen LogP contribution in [0.1, 0.15) is 31.9 Å². The highest BCUT2D eigenvalue weighted by molar-refractivity contribution is 5.67. The van der Waals surface area contributed by atoms with Crippen LogP contribution >= 0.6 is 0 Å². The molecule has 1 unspecified atom stereocenters. The van der Waals surface area contributed by atoms with Crippen molar-refractivity contribution in [2.24, 2.45) is 0 Å². The molecule has 1 aliphatic rings. The van der Waals surface area contributed by atoms with Gasteiger partial charge in [-0.1, -0.05) is 44.2 Å². The minimum Gasteiger partial charge on any atom is -0.363 e. The van der Waals surface area contributed by atoms with Gasteiger partial charge in [-0.3, -0.25) is 10.1 Å². The van der Waals surface area contributed by atoms with E-state index in [1.165, 1.54) is 11.1 Å². The van der Waals surface area contributed by atoms with E-state index in [4.69, 9.17) is 0 Å². The molecule has 0 spiro atoms. The zero-order valence-electron chi connectivity index (χ0n) is 13.1. The van der Waals surface area contributed by atoms with E-state index in [-0.39, 0.29) is 22.1 Å². The molecule has 0 saturated heterocycles. The monoisotopic (exact) mass is 296 g/mol. The van der Waals surface area contributed by atoms with E-state index in [9.17, 15) is 10.1 Å². The molecule has 0 saturated carbocycles. The number of rotatable bonds is 3. The van der Waals surface area contributed by atoms with Gasteiger partial charge < -0.3 is 4.90 Å². The summed E-state index contributed by atoms with van der Waals surface area (Å²) in [7, 11) is 0. The Kier molecular flexibility index (Phi) is 3.39. The van der Waals surface area contributed by atoms with Gasteiger partial charge in [-0.05, 0) is 24.1 Å². The second-order valence-corrected chi connectivity index (χ2v) is 6.47. The van der Waals surface area contributed by atoms with Crippen molar-refractivity contribution >= 4 is 11.4 Å². The Hall–Kier alpha value is -2.36. The van der Waals surface area contributed by atoms with Crippen molar-refractivity contribution in [1.29, 1.82) is 0 Å². The van der Waals surface area contributed by atoms with Gasteiger partial charge in [0, 0.05) is 35.8 Å². The van der Waals surface area contributed by atoms with Crippen molar-refractivity contribution in [3.8, 4) is 0 Å². The number of nitro benzene ring substituents is 1. The number of hydrogen-bond donors (Lipinski definition) is 0. The molecule has 0 aromatic heterocycles. The predicted octanol–water partition coefficient (Wildman–Crippen LogP) is 4.28. The van der Waals surface area contributed by atoms with Crippen LogP contribution in [-0.2, 0) is 12.0 Å². The van der Waals surface area contributed by atoms with Gasteiger partial charge in [-0.15, -0.1) is 0 Å². The van der Waals surface area contributed by atoms with Crippen molar-refractivity contribution in [3.63, 3.8) is 0 Å². The van der Waals surface area contributed by atoms with Crippen LogP contribution in [0, 0.1) is 10.1 Å². The summed E-state index contributed by atoms with van der Waals surface area (Å²) in [4.78, 5) is 13.0. The predicted molar refractivity (Wildman–Crippen MR) is 88.2 cm³/mol. The first-order valence-electron chi connectivity index (χ1n) is 7.51. The molecule has 0 radical (unpaired) electrons. The molecule has 4 heteroatoms. The van der Waals surface area contributed by atoms with Gasteiger partial charge in [-0.25, -0.2) is 0 Å². The lowest BCUT2D eigenvalue weighted by molar-refractivity contribution is -0.384. The molecule has 22 heavy (non-hydrogen) atoms. The highest BCUT2D eigenvalue weighted by Crippen LogP contribution is 2.46. The Bertz CT molecular complexity index is 710. The smallest absolute Gasteiger partial charge is 0.271 e.